The summed E-state index contributed by atoms with van der Waals surface area (Å²) in [7, 11) is 4.09. The summed E-state index contributed by atoms with van der Waals surface area (Å²) in [5.41, 5.74) is 5.16. The van der Waals surface area contributed by atoms with Crippen LogP contribution in [0.3, 0.4) is 0 Å². The number of aliphatic hydroxyl groups is 1. The van der Waals surface area contributed by atoms with Gasteiger partial charge in [0, 0.05) is 29.5 Å². The molecule has 2 aliphatic heterocycles. The molecule has 0 amide bonds. The summed E-state index contributed by atoms with van der Waals surface area (Å²) in [5.74, 6) is 1.71. The molecule has 2 aromatic carbocycles. The Kier molecular flexibility index (Phi) is 4.27. The van der Waals surface area contributed by atoms with Crippen molar-refractivity contribution >= 4 is 0 Å². The van der Waals surface area contributed by atoms with Crippen LogP contribution < -0.4 is 9.47 Å². The number of benzene rings is 2. The maximum absolute atomic E-state index is 10.3. The second-order valence-corrected chi connectivity index (χ2v) is 9.28. The van der Waals surface area contributed by atoms with E-state index >= 15 is 0 Å². The van der Waals surface area contributed by atoms with Crippen LogP contribution in [0.4, 0.5) is 0 Å². The number of hydrogen-bond acceptors (Lipinski definition) is 3. The number of aryl methyl sites for hydroxylation is 1. The van der Waals surface area contributed by atoms with Crippen molar-refractivity contribution in [2.24, 2.45) is 0 Å². The molecule has 0 saturated carbocycles. The van der Waals surface area contributed by atoms with Crippen molar-refractivity contribution in [2.75, 3.05) is 20.7 Å². The Hall–Kier alpha value is -2.30. The second kappa shape index (κ2) is 6.61. The molecular weight excluding hydrogens is 362 g/mol. The lowest BCUT2D eigenvalue weighted by Gasteiger charge is -2.37. The number of aliphatic hydroxyl groups excluding tert-OH is 1. The van der Waals surface area contributed by atoms with E-state index in [1.54, 1.807) is 7.11 Å². The molecule has 0 radical (unpaired) electrons. The van der Waals surface area contributed by atoms with E-state index in [0.717, 1.165) is 42.0 Å². The normalized spacial score (nSPS) is 32.1. The first-order valence-corrected chi connectivity index (χ1v) is 10.6. The first-order valence-electron chi connectivity index (χ1n) is 10.6. The molecule has 0 aromatic heterocycles. The molecule has 4 nitrogen and oxygen atoms in total. The molecule has 2 aromatic rings. The van der Waals surface area contributed by atoms with Gasteiger partial charge < -0.3 is 19.1 Å². The molecule has 29 heavy (non-hydrogen) atoms. The minimum Gasteiger partial charge on any atom is -0.493 e. The van der Waals surface area contributed by atoms with Gasteiger partial charge in [0.2, 0.25) is 0 Å². The number of quaternary nitrogens is 1. The quantitative estimate of drug-likeness (QED) is 0.637. The summed E-state index contributed by atoms with van der Waals surface area (Å²) >= 11 is 0. The minimum absolute atomic E-state index is 0.0322. The van der Waals surface area contributed by atoms with Gasteiger partial charge in [0.25, 0.3) is 0 Å². The summed E-state index contributed by atoms with van der Waals surface area (Å²) in [5, 5.41) is 10.3. The van der Waals surface area contributed by atoms with Crippen molar-refractivity contribution in [2.45, 2.75) is 50.5 Å². The van der Waals surface area contributed by atoms with Gasteiger partial charge in [0.1, 0.15) is 19.2 Å². The highest BCUT2D eigenvalue weighted by Crippen LogP contribution is 2.57. The zero-order valence-electron chi connectivity index (χ0n) is 17.5. The molecule has 2 heterocycles. The van der Waals surface area contributed by atoms with E-state index in [0.29, 0.717) is 6.42 Å². The Morgan fingerprint density at radius 1 is 1.28 bits per heavy atom. The third-order valence-corrected chi connectivity index (χ3v) is 7.18. The van der Waals surface area contributed by atoms with Gasteiger partial charge in [-0.25, -0.2) is 0 Å². The molecule has 1 aliphatic carbocycles. The monoisotopic (exact) mass is 392 g/mol. The lowest BCUT2D eigenvalue weighted by atomic mass is 9.68. The molecule has 4 heteroatoms. The van der Waals surface area contributed by atoms with Gasteiger partial charge in [0.15, 0.2) is 11.5 Å². The Bertz CT molecular complexity index is 970. The summed E-state index contributed by atoms with van der Waals surface area (Å²) in [6, 6.07) is 12.9. The van der Waals surface area contributed by atoms with E-state index < -0.39 is 6.10 Å². The van der Waals surface area contributed by atoms with E-state index in [1.807, 2.05) is 6.08 Å². The van der Waals surface area contributed by atoms with E-state index in [9.17, 15) is 5.11 Å². The molecule has 2 unspecified atom stereocenters. The molecule has 152 valence electrons. The van der Waals surface area contributed by atoms with Gasteiger partial charge in [-0.3, -0.25) is 0 Å². The largest absolute Gasteiger partial charge is 0.493 e. The minimum atomic E-state index is -0.441. The zero-order chi connectivity index (χ0) is 20.2. The van der Waals surface area contributed by atoms with Gasteiger partial charge >= 0.3 is 0 Å². The third kappa shape index (κ3) is 2.89. The summed E-state index contributed by atoms with van der Waals surface area (Å²) in [6.07, 6.45) is 5.38. The van der Waals surface area contributed by atoms with Crippen LogP contribution in [-0.4, -0.2) is 42.5 Å². The van der Waals surface area contributed by atoms with Gasteiger partial charge in [-0.1, -0.05) is 42.5 Å². The molecule has 3 aliphatic rings. The number of rotatable bonds is 3. The Morgan fingerprint density at radius 3 is 2.83 bits per heavy atom. The second-order valence-electron chi connectivity index (χ2n) is 9.28. The molecule has 1 spiro atoms. The highest BCUT2D eigenvalue weighted by molar-refractivity contribution is 5.63. The highest BCUT2D eigenvalue weighted by Gasteiger charge is 2.55. The molecule has 0 fully saturated rings. The van der Waals surface area contributed by atoms with Crippen LogP contribution in [0.15, 0.2) is 48.6 Å². The molecule has 0 bridgehead atoms. The molecule has 0 saturated heterocycles. The van der Waals surface area contributed by atoms with Crippen LogP contribution in [0.5, 0.6) is 11.5 Å². The van der Waals surface area contributed by atoms with Crippen LogP contribution in [0.2, 0.25) is 0 Å². The van der Waals surface area contributed by atoms with Crippen LogP contribution >= 0.6 is 0 Å². The van der Waals surface area contributed by atoms with E-state index in [2.05, 4.69) is 56.4 Å². The van der Waals surface area contributed by atoms with E-state index in [4.69, 9.17) is 9.47 Å². The fraction of sp³-hybridized carbons (Fsp3) is 0.440. The fourth-order valence-corrected chi connectivity index (χ4v) is 5.65. The summed E-state index contributed by atoms with van der Waals surface area (Å²) in [4.78, 5) is 0. The van der Waals surface area contributed by atoms with Crippen LogP contribution in [-0.2, 0) is 18.5 Å². The number of methoxy groups -OCH3 is 1. The van der Waals surface area contributed by atoms with Gasteiger partial charge in [0.05, 0.1) is 32.2 Å². The molecule has 5 rings (SSSR count). The number of nitrogens with zero attached hydrogens (tertiary/aromatic N) is 1. The van der Waals surface area contributed by atoms with Gasteiger partial charge in [-0.15, -0.1) is 0 Å². The summed E-state index contributed by atoms with van der Waals surface area (Å²) < 4.78 is 13.2. The average molecular weight is 393 g/mol. The number of ether oxygens (including phenoxy) is 2. The Labute approximate surface area is 173 Å². The van der Waals surface area contributed by atoms with Crippen molar-refractivity contribution in [1.29, 1.82) is 0 Å². The Balaban J connectivity index is 1.65. The lowest BCUT2D eigenvalue weighted by Crippen LogP contribution is -2.46. The maximum Gasteiger partial charge on any atom is 0.166 e. The highest BCUT2D eigenvalue weighted by atomic mass is 16.5. The summed E-state index contributed by atoms with van der Waals surface area (Å²) in [6.45, 7) is 5.24. The predicted octanol–water partition coefficient (Wildman–Crippen LogP) is 3.87. The zero-order valence-corrected chi connectivity index (χ0v) is 17.5. The van der Waals surface area contributed by atoms with Crippen LogP contribution in [0.1, 0.15) is 35.1 Å². The van der Waals surface area contributed by atoms with Crippen LogP contribution in [0, 0.1) is 6.92 Å². The number of hydrogen-bond donors (Lipinski definition) is 1. The first-order chi connectivity index (χ1) is 13.9. The molecule has 4 atom stereocenters. The third-order valence-electron chi connectivity index (χ3n) is 7.18. The molecule has 1 N–H and O–H groups in total. The smallest absolute Gasteiger partial charge is 0.166 e. The maximum atomic E-state index is 10.3. The standard InChI is InChI=1S/C25H30NO3/c1-17-13-21(28-3)24-23-20(17)16-26(2,15-18-7-5-4-6-8-18)12-11-25(23)10-9-19(27)14-22(25)29-24/h4-10,13,19,22,27H,11-12,14-16H2,1-3H3/q+1/t19-,22-,25?,26?/m1/s1. The van der Waals surface area contributed by atoms with Crippen molar-refractivity contribution in [3.8, 4) is 11.5 Å². The van der Waals surface area contributed by atoms with Gasteiger partial charge in [-0.05, 0) is 18.6 Å². The van der Waals surface area contributed by atoms with Crippen molar-refractivity contribution in [1.82, 2.24) is 0 Å². The van der Waals surface area contributed by atoms with Crippen LogP contribution in [0.25, 0.3) is 0 Å². The van der Waals surface area contributed by atoms with E-state index in [-0.39, 0.29) is 11.5 Å². The fourth-order valence-electron chi connectivity index (χ4n) is 5.65. The Morgan fingerprint density at radius 2 is 2.07 bits per heavy atom. The topological polar surface area (TPSA) is 38.7 Å². The van der Waals surface area contributed by atoms with E-state index in [1.165, 1.54) is 22.3 Å². The average Bonchev–Trinajstić information content (AvgIpc) is 2.97. The first kappa shape index (κ1) is 18.7. The lowest BCUT2D eigenvalue weighted by molar-refractivity contribution is -0.935. The van der Waals surface area contributed by atoms with Crippen molar-refractivity contribution in [3.05, 3.63) is 70.8 Å². The van der Waals surface area contributed by atoms with Gasteiger partial charge in [-0.2, -0.15) is 0 Å². The molecular formula is C25H30NO3+. The van der Waals surface area contributed by atoms with Crippen molar-refractivity contribution < 1.29 is 19.1 Å². The predicted molar refractivity (Wildman–Crippen MR) is 113 cm³/mol. The SMILES string of the molecule is COc1cc(C)c2c3c1O[C@@H]1C[C@H](O)C=CC31CC[N+](C)(Cc1ccccc1)C2. The van der Waals surface area contributed by atoms with Crippen molar-refractivity contribution in [3.63, 3.8) is 0 Å².